The Morgan fingerprint density at radius 1 is 1.03 bits per heavy atom. The molecule has 1 aromatic heterocycles. The summed E-state index contributed by atoms with van der Waals surface area (Å²) in [5.74, 6) is -1.27. The van der Waals surface area contributed by atoms with Crippen molar-refractivity contribution in [3.63, 3.8) is 0 Å². The zero-order chi connectivity index (χ0) is 27.0. The predicted octanol–water partition coefficient (Wildman–Crippen LogP) is 5.22. The predicted molar refractivity (Wildman–Crippen MR) is 136 cm³/mol. The number of hydrogen-bond donors (Lipinski definition) is 0. The van der Waals surface area contributed by atoms with E-state index < -0.39 is 34.8 Å². The third-order valence-corrected chi connectivity index (χ3v) is 6.77. The van der Waals surface area contributed by atoms with Crippen molar-refractivity contribution in [1.82, 2.24) is 4.90 Å². The molecule has 2 heterocycles. The monoisotopic (exact) mass is 521 g/mol. The van der Waals surface area contributed by atoms with Gasteiger partial charge in [-0.05, 0) is 66.4 Å². The standard InChI is InChI=1S/C29H25F2NO6/c1-16-11-27(33)38-24-13-18(7-8-19(16)24)37-15-23-20-14-26(36-3)25(35-2)12-17(20)9-10-32(23)29(34)28-21(30)5-4-6-22(28)31/h4-8,11-14,23H,9-10,15H2,1-3H3/t23-/m0/s1. The molecule has 4 aromatic rings. The minimum Gasteiger partial charge on any atom is -0.493 e. The average molecular weight is 522 g/mol. The maximum Gasteiger partial charge on any atom is 0.336 e. The van der Waals surface area contributed by atoms with Gasteiger partial charge in [-0.1, -0.05) is 6.07 Å². The van der Waals surface area contributed by atoms with E-state index in [0.29, 0.717) is 34.8 Å². The van der Waals surface area contributed by atoms with E-state index in [1.54, 1.807) is 24.3 Å². The largest absolute Gasteiger partial charge is 0.493 e. The molecule has 0 spiro atoms. The normalized spacial score (nSPS) is 14.8. The SMILES string of the molecule is COc1cc2c(cc1OC)[C@H](COc1ccc3c(C)cc(=O)oc3c1)N(C(=O)c1c(F)cccc1F)CC2. The number of carbonyl (C=O) groups is 1. The maximum absolute atomic E-state index is 14.6. The molecule has 0 N–H and O–H groups in total. The lowest BCUT2D eigenvalue weighted by Gasteiger charge is -2.37. The first-order valence-corrected chi connectivity index (χ1v) is 12.0. The molecule has 196 valence electrons. The summed E-state index contributed by atoms with van der Waals surface area (Å²) in [6, 6.07) is 12.7. The Morgan fingerprint density at radius 3 is 2.45 bits per heavy atom. The van der Waals surface area contributed by atoms with Gasteiger partial charge in [-0.2, -0.15) is 0 Å². The van der Waals surface area contributed by atoms with Gasteiger partial charge in [0.1, 0.15) is 35.1 Å². The minimum atomic E-state index is -0.937. The van der Waals surface area contributed by atoms with Gasteiger partial charge >= 0.3 is 5.63 Å². The number of methoxy groups -OCH3 is 2. The smallest absolute Gasteiger partial charge is 0.336 e. The Morgan fingerprint density at radius 2 is 1.74 bits per heavy atom. The van der Waals surface area contributed by atoms with Crippen LogP contribution in [0.1, 0.15) is 33.1 Å². The number of rotatable bonds is 6. The van der Waals surface area contributed by atoms with Crippen molar-refractivity contribution in [3.8, 4) is 17.2 Å². The lowest BCUT2D eigenvalue weighted by Crippen LogP contribution is -2.43. The van der Waals surface area contributed by atoms with Crippen molar-refractivity contribution in [2.75, 3.05) is 27.4 Å². The van der Waals surface area contributed by atoms with Crippen molar-refractivity contribution in [1.29, 1.82) is 0 Å². The maximum atomic E-state index is 14.6. The van der Waals surface area contributed by atoms with Crippen LogP contribution in [0, 0.1) is 18.6 Å². The summed E-state index contributed by atoms with van der Waals surface area (Å²) < 4.78 is 51.4. The highest BCUT2D eigenvalue weighted by Gasteiger charge is 2.35. The third kappa shape index (κ3) is 4.55. The molecule has 1 atom stereocenters. The van der Waals surface area contributed by atoms with Crippen LogP contribution < -0.4 is 19.8 Å². The first-order valence-electron chi connectivity index (χ1n) is 12.0. The summed E-state index contributed by atoms with van der Waals surface area (Å²) in [6.45, 7) is 1.98. The van der Waals surface area contributed by atoms with Crippen molar-refractivity contribution >= 4 is 16.9 Å². The Hall–Kier alpha value is -4.40. The topological polar surface area (TPSA) is 78.2 Å². The van der Waals surface area contributed by atoms with Gasteiger partial charge in [-0.15, -0.1) is 0 Å². The molecule has 1 aliphatic rings. The van der Waals surface area contributed by atoms with E-state index in [4.69, 9.17) is 18.6 Å². The molecule has 3 aromatic carbocycles. The van der Waals surface area contributed by atoms with Gasteiger partial charge in [0.05, 0.1) is 20.3 Å². The summed E-state index contributed by atoms with van der Waals surface area (Å²) >= 11 is 0. The number of ether oxygens (including phenoxy) is 3. The molecule has 38 heavy (non-hydrogen) atoms. The number of carbonyl (C=O) groups excluding carboxylic acids is 1. The second kappa shape index (κ2) is 10.2. The van der Waals surface area contributed by atoms with E-state index in [1.807, 2.05) is 13.0 Å². The van der Waals surface area contributed by atoms with E-state index in [-0.39, 0.29) is 13.2 Å². The first-order chi connectivity index (χ1) is 18.3. The number of nitrogens with zero attached hydrogens (tertiary/aromatic N) is 1. The van der Waals surface area contributed by atoms with E-state index in [2.05, 4.69) is 0 Å². The molecule has 0 aliphatic carbocycles. The molecule has 0 unspecified atom stereocenters. The summed E-state index contributed by atoms with van der Waals surface area (Å²) in [6.07, 6.45) is 0.439. The van der Waals surface area contributed by atoms with Crippen molar-refractivity contribution in [3.05, 3.63) is 98.9 Å². The van der Waals surface area contributed by atoms with Gasteiger partial charge in [0.25, 0.3) is 5.91 Å². The number of benzene rings is 3. The van der Waals surface area contributed by atoms with Gasteiger partial charge in [-0.25, -0.2) is 13.6 Å². The number of halogens is 2. The molecule has 7 nitrogen and oxygen atoms in total. The number of amides is 1. The summed E-state index contributed by atoms with van der Waals surface area (Å²) in [5, 5.41) is 0.767. The van der Waals surface area contributed by atoms with Crippen molar-refractivity contribution in [2.45, 2.75) is 19.4 Å². The van der Waals surface area contributed by atoms with E-state index in [0.717, 1.165) is 28.6 Å². The fraction of sp³-hybridized carbons (Fsp3) is 0.241. The van der Waals surface area contributed by atoms with Crippen LogP contribution in [0.3, 0.4) is 0 Å². The van der Waals surface area contributed by atoms with E-state index in [1.165, 1.54) is 31.3 Å². The zero-order valence-corrected chi connectivity index (χ0v) is 21.0. The third-order valence-electron chi connectivity index (χ3n) is 6.77. The van der Waals surface area contributed by atoms with E-state index in [9.17, 15) is 18.4 Å². The molecular weight excluding hydrogens is 496 g/mol. The summed E-state index contributed by atoms with van der Waals surface area (Å²) in [4.78, 5) is 26.7. The Bertz CT molecular complexity index is 1580. The van der Waals surface area contributed by atoms with Gasteiger partial charge in [-0.3, -0.25) is 4.79 Å². The summed E-state index contributed by atoms with van der Waals surface area (Å²) in [5.41, 5.74) is 1.65. The fourth-order valence-corrected chi connectivity index (χ4v) is 4.87. The average Bonchev–Trinajstić information content (AvgIpc) is 2.90. The van der Waals surface area contributed by atoms with Gasteiger partial charge in [0.2, 0.25) is 0 Å². The minimum absolute atomic E-state index is 0.0359. The Labute approximate surface area is 217 Å². The van der Waals surface area contributed by atoms with Crippen LogP contribution >= 0.6 is 0 Å². The Balaban J connectivity index is 1.54. The second-order valence-corrected chi connectivity index (χ2v) is 8.98. The zero-order valence-electron chi connectivity index (χ0n) is 21.0. The highest BCUT2D eigenvalue weighted by molar-refractivity contribution is 5.95. The van der Waals surface area contributed by atoms with Crippen LogP contribution in [0.4, 0.5) is 8.78 Å². The van der Waals surface area contributed by atoms with Gasteiger partial charge in [0.15, 0.2) is 11.5 Å². The Kier molecular flexibility index (Phi) is 6.75. The van der Waals surface area contributed by atoms with Crippen LogP contribution in [0.2, 0.25) is 0 Å². The molecule has 0 radical (unpaired) electrons. The molecule has 0 saturated heterocycles. The second-order valence-electron chi connectivity index (χ2n) is 8.98. The molecule has 1 aliphatic heterocycles. The molecule has 5 rings (SSSR count). The van der Waals surface area contributed by atoms with Crippen molar-refractivity contribution in [2.24, 2.45) is 0 Å². The van der Waals surface area contributed by atoms with Crippen LogP contribution in [0.25, 0.3) is 11.0 Å². The molecule has 1 amide bonds. The lowest BCUT2D eigenvalue weighted by atomic mass is 9.91. The number of fused-ring (bicyclic) bond motifs is 2. The van der Waals surface area contributed by atoms with Crippen LogP contribution in [-0.2, 0) is 6.42 Å². The molecular formula is C29H25F2NO6. The van der Waals surface area contributed by atoms with E-state index >= 15 is 0 Å². The molecule has 0 saturated carbocycles. The van der Waals surface area contributed by atoms with Gasteiger partial charge < -0.3 is 23.5 Å². The number of hydrogen-bond acceptors (Lipinski definition) is 6. The quantitative estimate of drug-likeness (QED) is 0.324. The molecule has 0 bridgehead atoms. The van der Waals surface area contributed by atoms with Crippen LogP contribution in [-0.4, -0.2) is 38.2 Å². The highest BCUT2D eigenvalue weighted by atomic mass is 19.1. The highest BCUT2D eigenvalue weighted by Crippen LogP contribution is 2.39. The van der Waals surface area contributed by atoms with Crippen molar-refractivity contribution < 1.29 is 32.2 Å². The molecule has 9 heteroatoms. The van der Waals surface area contributed by atoms with Crippen LogP contribution in [0.5, 0.6) is 17.2 Å². The number of aryl methyl sites for hydroxylation is 1. The van der Waals surface area contributed by atoms with Crippen LogP contribution in [0.15, 0.2) is 63.8 Å². The van der Waals surface area contributed by atoms with Gasteiger partial charge in [0, 0.05) is 24.1 Å². The molecule has 0 fully saturated rings. The first kappa shape index (κ1) is 25.3. The fourth-order valence-electron chi connectivity index (χ4n) is 4.87. The summed E-state index contributed by atoms with van der Waals surface area (Å²) in [7, 11) is 3.03. The lowest BCUT2D eigenvalue weighted by molar-refractivity contribution is 0.0579.